The number of cyclic esters (lactones) is 1. The van der Waals surface area contributed by atoms with Crippen molar-refractivity contribution in [1.29, 1.82) is 0 Å². The Labute approximate surface area is 194 Å². The van der Waals surface area contributed by atoms with E-state index in [1.807, 2.05) is 27.7 Å². The van der Waals surface area contributed by atoms with E-state index in [0.717, 1.165) is 23.1 Å². The van der Waals surface area contributed by atoms with Gasteiger partial charge in [-0.15, -0.1) is 0 Å². The molecule has 0 aliphatic carbocycles. The first-order chi connectivity index (χ1) is 15.1. The summed E-state index contributed by atoms with van der Waals surface area (Å²) in [4.78, 5) is 12.6. The fourth-order valence-corrected chi connectivity index (χ4v) is 3.80. The average molecular weight is 447 g/mol. The summed E-state index contributed by atoms with van der Waals surface area (Å²) in [6.07, 6.45) is 12.2. The molecule has 180 valence electrons. The van der Waals surface area contributed by atoms with Crippen molar-refractivity contribution in [1.82, 2.24) is 0 Å². The minimum Gasteiger partial charge on any atom is -0.458 e. The van der Waals surface area contributed by atoms with Crippen LogP contribution in [0.4, 0.5) is 0 Å². The van der Waals surface area contributed by atoms with E-state index in [1.54, 1.807) is 25.3 Å². The Bertz CT molecular complexity index is 754. The largest absolute Gasteiger partial charge is 0.458 e. The van der Waals surface area contributed by atoms with Crippen molar-refractivity contribution in [2.45, 2.75) is 79.1 Å². The second kappa shape index (κ2) is 14.2. The Morgan fingerprint density at radius 2 is 1.88 bits per heavy atom. The van der Waals surface area contributed by atoms with Gasteiger partial charge in [0.2, 0.25) is 0 Å². The highest BCUT2D eigenvalue weighted by Gasteiger charge is 2.22. The van der Waals surface area contributed by atoms with E-state index in [4.69, 9.17) is 9.47 Å². The molecule has 1 heterocycles. The molecule has 0 saturated carbocycles. The van der Waals surface area contributed by atoms with Gasteiger partial charge in [-0.3, -0.25) is 0 Å². The Kier molecular flexibility index (Phi) is 12.5. The minimum absolute atomic E-state index is 0.0892. The maximum absolute atomic E-state index is 12.6. The Balaban J connectivity index is 3.41. The number of ether oxygens (including phenoxy) is 2. The maximum atomic E-state index is 12.6. The standard InChI is InChI=1S/C27H42O5/c1-8-22-16-20(5)24(29)12-10-9-11-23(17-28)27(30)32-25(18(2)3)14-13-19(4)15-21(6)26(22)31-7/h9-11,13,15-16,18,22,24-26,28-29H,8,12,14,17H2,1-7H3/t22-,24+,25+,26-/m1/s1. The van der Waals surface area contributed by atoms with E-state index >= 15 is 0 Å². The maximum Gasteiger partial charge on any atom is 0.336 e. The second-order valence-corrected chi connectivity index (χ2v) is 8.93. The molecule has 0 radical (unpaired) electrons. The van der Waals surface area contributed by atoms with Crippen molar-refractivity contribution in [3.8, 4) is 0 Å². The molecular weight excluding hydrogens is 404 g/mol. The molecule has 0 aromatic rings. The lowest BCUT2D eigenvalue weighted by Crippen LogP contribution is -2.25. The summed E-state index contributed by atoms with van der Waals surface area (Å²) < 4.78 is 11.5. The monoisotopic (exact) mass is 446 g/mol. The van der Waals surface area contributed by atoms with Gasteiger partial charge in [0.15, 0.2) is 0 Å². The van der Waals surface area contributed by atoms with Gasteiger partial charge in [0.1, 0.15) is 6.10 Å². The molecule has 0 amide bonds. The molecule has 32 heavy (non-hydrogen) atoms. The zero-order chi connectivity index (χ0) is 24.3. The summed E-state index contributed by atoms with van der Waals surface area (Å²) in [5.41, 5.74) is 3.26. The van der Waals surface area contributed by atoms with Crippen molar-refractivity contribution in [3.63, 3.8) is 0 Å². The molecule has 1 rings (SSSR count). The molecule has 0 unspecified atom stereocenters. The van der Waals surface area contributed by atoms with Crippen LogP contribution in [0.2, 0.25) is 0 Å². The predicted octanol–water partition coefficient (Wildman–Crippen LogP) is 5.06. The molecule has 0 saturated heterocycles. The van der Waals surface area contributed by atoms with E-state index in [2.05, 4.69) is 32.1 Å². The van der Waals surface area contributed by atoms with Crippen molar-refractivity contribution < 1.29 is 24.5 Å². The van der Waals surface area contributed by atoms with Crippen LogP contribution in [-0.4, -0.2) is 48.2 Å². The number of hydrogen-bond acceptors (Lipinski definition) is 5. The van der Waals surface area contributed by atoms with Crippen LogP contribution in [0.3, 0.4) is 0 Å². The zero-order valence-electron chi connectivity index (χ0n) is 20.8. The first-order valence-electron chi connectivity index (χ1n) is 11.6. The summed E-state index contributed by atoms with van der Waals surface area (Å²) in [6, 6.07) is 0. The highest BCUT2D eigenvalue weighted by molar-refractivity contribution is 5.89. The molecule has 2 N–H and O–H groups in total. The smallest absolute Gasteiger partial charge is 0.336 e. The molecule has 5 heteroatoms. The second-order valence-electron chi connectivity index (χ2n) is 8.93. The van der Waals surface area contributed by atoms with Crippen LogP contribution in [0.15, 0.2) is 58.7 Å². The van der Waals surface area contributed by atoms with Crippen molar-refractivity contribution >= 4 is 5.97 Å². The SMILES string of the molecule is CC[C@@H]1C=C(C)[C@@H](O)CC=CC=C(CO)C(=O)O[C@H](C(C)C)CC=C(C)C=C(C)[C@H]1OC. The van der Waals surface area contributed by atoms with Crippen LogP contribution in [-0.2, 0) is 14.3 Å². The number of carbonyl (C=O) groups is 1. The molecule has 5 nitrogen and oxygen atoms in total. The number of rotatable bonds is 4. The van der Waals surface area contributed by atoms with E-state index < -0.39 is 18.7 Å². The first-order valence-corrected chi connectivity index (χ1v) is 11.6. The van der Waals surface area contributed by atoms with Crippen LogP contribution in [0.5, 0.6) is 0 Å². The van der Waals surface area contributed by atoms with Crippen LogP contribution >= 0.6 is 0 Å². The van der Waals surface area contributed by atoms with Gasteiger partial charge in [-0.1, -0.05) is 56.7 Å². The Morgan fingerprint density at radius 3 is 2.44 bits per heavy atom. The number of esters is 1. The predicted molar refractivity (Wildman–Crippen MR) is 130 cm³/mol. The van der Waals surface area contributed by atoms with Gasteiger partial charge in [-0.05, 0) is 56.8 Å². The summed E-state index contributed by atoms with van der Waals surface area (Å²) in [5, 5.41) is 20.2. The van der Waals surface area contributed by atoms with E-state index in [-0.39, 0.29) is 29.6 Å². The molecule has 0 aromatic heterocycles. The number of carbonyl (C=O) groups excluding carboxylic acids is 1. The lowest BCUT2D eigenvalue weighted by molar-refractivity contribution is -0.146. The molecule has 0 spiro atoms. The molecule has 1 aliphatic rings. The van der Waals surface area contributed by atoms with Gasteiger partial charge < -0.3 is 19.7 Å². The minimum atomic E-state index is -0.633. The topological polar surface area (TPSA) is 76.0 Å². The van der Waals surface area contributed by atoms with Crippen molar-refractivity contribution in [2.75, 3.05) is 13.7 Å². The van der Waals surface area contributed by atoms with E-state index in [0.29, 0.717) is 12.8 Å². The number of hydrogen-bond donors (Lipinski definition) is 2. The average Bonchev–Trinajstić information content (AvgIpc) is 2.74. The van der Waals surface area contributed by atoms with Crippen LogP contribution in [0.25, 0.3) is 0 Å². The van der Waals surface area contributed by atoms with Crippen LogP contribution in [0.1, 0.15) is 60.8 Å². The van der Waals surface area contributed by atoms with E-state index in [9.17, 15) is 15.0 Å². The molecule has 0 fully saturated rings. The lowest BCUT2D eigenvalue weighted by Gasteiger charge is -2.25. The third-order valence-corrected chi connectivity index (χ3v) is 5.92. The summed E-state index contributed by atoms with van der Waals surface area (Å²) in [5.74, 6) is -0.239. The lowest BCUT2D eigenvalue weighted by atomic mass is 9.89. The van der Waals surface area contributed by atoms with Crippen LogP contribution in [0, 0.1) is 11.8 Å². The van der Waals surface area contributed by atoms with E-state index in [1.165, 1.54) is 0 Å². The molecule has 4 atom stereocenters. The van der Waals surface area contributed by atoms with Gasteiger partial charge in [-0.2, -0.15) is 0 Å². The summed E-state index contributed by atoms with van der Waals surface area (Å²) in [6.45, 7) is 11.8. The summed E-state index contributed by atoms with van der Waals surface area (Å²) in [7, 11) is 1.72. The summed E-state index contributed by atoms with van der Waals surface area (Å²) >= 11 is 0. The van der Waals surface area contributed by atoms with Crippen molar-refractivity contribution in [3.05, 3.63) is 58.7 Å². The normalized spacial score (nSPS) is 27.0. The highest BCUT2D eigenvalue weighted by atomic mass is 16.5. The first kappa shape index (κ1) is 28.1. The van der Waals surface area contributed by atoms with Gasteiger partial charge in [0.25, 0.3) is 0 Å². The van der Waals surface area contributed by atoms with Gasteiger partial charge in [-0.25, -0.2) is 4.79 Å². The number of aliphatic hydroxyl groups excluding tert-OH is 2. The van der Waals surface area contributed by atoms with Crippen LogP contribution < -0.4 is 0 Å². The Morgan fingerprint density at radius 1 is 1.19 bits per heavy atom. The van der Waals surface area contributed by atoms with Crippen molar-refractivity contribution in [2.24, 2.45) is 11.8 Å². The van der Waals surface area contributed by atoms with Gasteiger partial charge in [0, 0.05) is 19.4 Å². The number of allylic oxidation sites excluding steroid dienone is 4. The molecule has 0 bridgehead atoms. The zero-order valence-corrected chi connectivity index (χ0v) is 20.8. The molecule has 1 aliphatic heterocycles. The van der Waals surface area contributed by atoms with Gasteiger partial charge >= 0.3 is 5.97 Å². The van der Waals surface area contributed by atoms with Gasteiger partial charge in [0.05, 0.1) is 24.4 Å². The molecule has 0 aromatic carbocycles. The Hall–Kier alpha value is -1.95. The third-order valence-electron chi connectivity index (χ3n) is 5.92. The quantitative estimate of drug-likeness (QED) is 0.466. The fraction of sp³-hybridized carbons (Fsp3) is 0.593. The fourth-order valence-electron chi connectivity index (χ4n) is 3.80. The highest BCUT2D eigenvalue weighted by Crippen LogP contribution is 2.25. The number of aliphatic hydroxyl groups is 2. The number of methoxy groups -OCH3 is 1. The molecular formula is C27H42O5. The third kappa shape index (κ3) is 8.89.